The van der Waals surface area contributed by atoms with E-state index in [0.29, 0.717) is 24.2 Å². The van der Waals surface area contributed by atoms with Gasteiger partial charge in [-0.25, -0.2) is 18.4 Å². The maximum atomic E-state index is 13.0. The molecule has 0 bridgehead atoms. The van der Waals surface area contributed by atoms with Gasteiger partial charge < -0.3 is 9.47 Å². The Hall–Kier alpha value is -2.40. The van der Waals surface area contributed by atoms with Gasteiger partial charge in [0.1, 0.15) is 16.7 Å². The number of alkyl halides is 3. The van der Waals surface area contributed by atoms with Crippen LogP contribution in [0.2, 0.25) is 0 Å². The predicted molar refractivity (Wildman–Crippen MR) is 97.0 cm³/mol. The molecular weight excluding hydrogens is 411 g/mol. The number of para-hydroxylation sites is 1. The molecule has 1 aromatic carbocycles. The molecule has 1 fully saturated rings. The fourth-order valence-electron chi connectivity index (χ4n) is 3.13. The molecule has 1 aromatic heterocycles. The summed E-state index contributed by atoms with van der Waals surface area (Å²) in [5, 5.41) is 0. The van der Waals surface area contributed by atoms with Crippen LogP contribution in [0, 0.1) is 13.8 Å². The lowest BCUT2D eigenvalue weighted by atomic mass is 10.1. The van der Waals surface area contributed by atoms with Crippen molar-refractivity contribution in [2.75, 3.05) is 13.1 Å². The van der Waals surface area contributed by atoms with Crippen LogP contribution < -0.4 is 9.47 Å². The average molecular weight is 431 g/mol. The quantitative estimate of drug-likeness (QED) is 0.723. The van der Waals surface area contributed by atoms with Gasteiger partial charge in [0.15, 0.2) is 0 Å². The maximum absolute atomic E-state index is 13.0. The maximum Gasteiger partial charge on any atom is 0.573 e. The van der Waals surface area contributed by atoms with Crippen LogP contribution in [0.5, 0.6) is 11.8 Å². The van der Waals surface area contributed by atoms with Gasteiger partial charge in [-0.15, -0.1) is 13.2 Å². The number of nitrogens with zero attached hydrogens (tertiary/aromatic N) is 3. The number of ether oxygens (including phenoxy) is 2. The van der Waals surface area contributed by atoms with Crippen LogP contribution in [-0.4, -0.2) is 48.2 Å². The number of rotatable bonds is 5. The monoisotopic (exact) mass is 431 g/mol. The summed E-state index contributed by atoms with van der Waals surface area (Å²) in [5.41, 5.74) is 1.43. The van der Waals surface area contributed by atoms with Crippen LogP contribution in [0.4, 0.5) is 13.2 Å². The molecule has 11 heteroatoms. The van der Waals surface area contributed by atoms with Crippen molar-refractivity contribution in [2.24, 2.45) is 0 Å². The first-order valence-corrected chi connectivity index (χ1v) is 10.3. The Balaban J connectivity index is 1.81. The highest BCUT2D eigenvalue weighted by Crippen LogP contribution is 2.32. The van der Waals surface area contributed by atoms with Crippen molar-refractivity contribution >= 4 is 10.0 Å². The third-order valence-corrected chi connectivity index (χ3v) is 6.17. The minimum atomic E-state index is -5.00. The second-order valence-electron chi connectivity index (χ2n) is 6.67. The SMILES string of the molecule is Cc1cc(C)nc(O[C@@H]2CCCN(S(=O)(=O)c3ccccc3OC(F)(F)F)C2)n1. The van der Waals surface area contributed by atoms with Crippen molar-refractivity contribution in [1.82, 2.24) is 14.3 Å². The van der Waals surface area contributed by atoms with E-state index in [1.54, 1.807) is 19.9 Å². The molecule has 0 N–H and O–H groups in total. The number of halogens is 3. The van der Waals surface area contributed by atoms with Crippen LogP contribution in [0.1, 0.15) is 24.2 Å². The van der Waals surface area contributed by atoms with E-state index in [9.17, 15) is 21.6 Å². The van der Waals surface area contributed by atoms with E-state index in [1.807, 2.05) is 0 Å². The van der Waals surface area contributed by atoms with E-state index in [-0.39, 0.29) is 19.1 Å². The van der Waals surface area contributed by atoms with Gasteiger partial charge in [0, 0.05) is 17.9 Å². The molecule has 158 valence electrons. The second kappa shape index (κ2) is 8.15. The topological polar surface area (TPSA) is 81.6 Å². The number of hydrogen-bond acceptors (Lipinski definition) is 6. The minimum Gasteiger partial charge on any atom is -0.459 e. The van der Waals surface area contributed by atoms with Crippen molar-refractivity contribution in [3.05, 3.63) is 41.7 Å². The number of benzene rings is 1. The number of aromatic nitrogens is 2. The Morgan fingerprint density at radius 3 is 2.45 bits per heavy atom. The van der Waals surface area contributed by atoms with Gasteiger partial charge in [-0.3, -0.25) is 0 Å². The van der Waals surface area contributed by atoms with Gasteiger partial charge in [-0.05, 0) is 44.9 Å². The first-order chi connectivity index (χ1) is 13.5. The number of sulfonamides is 1. The molecule has 2 heterocycles. The molecule has 0 saturated carbocycles. The van der Waals surface area contributed by atoms with Crippen LogP contribution >= 0.6 is 0 Å². The van der Waals surface area contributed by atoms with Crippen molar-refractivity contribution in [1.29, 1.82) is 0 Å². The smallest absolute Gasteiger partial charge is 0.459 e. The second-order valence-corrected chi connectivity index (χ2v) is 8.58. The molecule has 1 aliphatic heterocycles. The molecule has 1 saturated heterocycles. The van der Waals surface area contributed by atoms with Crippen LogP contribution in [0.25, 0.3) is 0 Å². The molecule has 7 nitrogen and oxygen atoms in total. The summed E-state index contributed by atoms with van der Waals surface area (Å²) < 4.78 is 74.7. The molecule has 0 aliphatic carbocycles. The molecule has 1 atom stereocenters. The van der Waals surface area contributed by atoms with Gasteiger partial charge in [0.25, 0.3) is 0 Å². The lowest BCUT2D eigenvalue weighted by molar-refractivity contribution is -0.275. The van der Waals surface area contributed by atoms with E-state index >= 15 is 0 Å². The Bertz CT molecular complexity index is 962. The number of hydrogen-bond donors (Lipinski definition) is 0. The van der Waals surface area contributed by atoms with Gasteiger partial charge in [0.05, 0.1) is 6.54 Å². The average Bonchev–Trinajstić information content (AvgIpc) is 2.60. The van der Waals surface area contributed by atoms with Crippen molar-refractivity contribution < 1.29 is 31.1 Å². The Morgan fingerprint density at radius 1 is 1.14 bits per heavy atom. The van der Waals surface area contributed by atoms with Gasteiger partial charge in [0.2, 0.25) is 10.0 Å². The first kappa shape index (κ1) is 21.3. The molecule has 0 unspecified atom stereocenters. The lowest BCUT2D eigenvalue weighted by Crippen LogP contribution is -2.44. The third-order valence-electron chi connectivity index (χ3n) is 4.27. The zero-order chi connectivity index (χ0) is 21.2. The van der Waals surface area contributed by atoms with E-state index in [4.69, 9.17) is 4.74 Å². The van der Waals surface area contributed by atoms with Gasteiger partial charge in [-0.2, -0.15) is 4.31 Å². The Kier molecular flexibility index (Phi) is 5.99. The van der Waals surface area contributed by atoms with Crippen LogP contribution in [0.3, 0.4) is 0 Å². The zero-order valence-corrected chi connectivity index (χ0v) is 16.6. The summed E-state index contributed by atoms with van der Waals surface area (Å²) in [6.07, 6.45) is -4.46. The molecule has 3 rings (SSSR count). The largest absolute Gasteiger partial charge is 0.573 e. The number of aryl methyl sites for hydroxylation is 2. The van der Waals surface area contributed by atoms with Crippen molar-refractivity contribution in [3.8, 4) is 11.8 Å². The molecule has 1 aliphatic rings. The van der Waals surface area contributed by atoms with Crippen molar-refractivity contribution in [3.63, 3.8) is 0 Å². The predicted octanol–water partition coefficient (Wildman–Crippen LogP) is 3.22. The summed E-state index contributed by atoms with van der Waals surface area (Å²) >= 11 is 0. The standard InChI is InChI=1S/C18H20F3N3O4S/c1-12-10-13(2)23-17(22-12)27-14-6-5-9-24(11-14)29(25,26)16-8-4-3-7-15(16)28-18(19,20)21/h3-4,7-8,10,14H,5-6,9,11H2,1-2H3/t14-/m1/s1. The number of piperidine rings is 1. The zero-order valence-electron chi connectivity index (χ0n) is 15.8. The lowest BCUT2D eigenvalue weighted by Gasteiger charge is -2.32. The first-order valence-electron chi connectivity index (χ1n) is 8.88. The Labute approximate surface area is 166 Å². The summed E-state index contributed by atoms with van der Waals surface area (Å²) in [6.45, 7) is 3.71. The highest BCUT2D eigenvalue weighted by atomic mass is 32.2. The van der Waals surface area contributed by atoms with E-state index in [0.717, 1.165) is 16.4 Å². The molecular formula is C18H20F3N3O4S. The summed E-state index contributed by atoms with van der Waals surface area (Å²) in [7, 11) is -4.22. The van der Waals surface area contributed by atoms with Crippen LogP contribution in [-0.2, 0) is 10.0 Å². The highest BCUT2D eigenvalue weighted by Gasteiger charge is 2.37. The van der Waals surface area contributed by atoms with Gasteiger partial charge in [-0.1, -0.05) is 12.1 Å². The van der Waals surface area contributed by atoms with Gasteiger partial charge >= 0.3 is 12.4 Å². The van der Waals surface area contributed by atoms with E-state index in [1.165, 1.54) is 12.1 Å². The Morgan fingerprint density at radius 2 is 1.79 bits per heavy atom. The summed E-state index contributed by atoms with van der Waals surface area (Å²) in [6, 6.07) is 6.61. The van der Waals surface area contributed by atoms with Crippen molar-refractivity contribution in [2.45, 2.75) is 44.1 Å². The van der Waals surface area contributed by atoms with E-state index in [2.05, 4.69) is 14.7 Å². The summed E-state index contributed by atoms with van der Waals surface area (Å²) in [5.74, 6) is -0.763. The minimum absolute atomic E-state index is 0.0287. The fraction of sp³-hybridized carbons (Fsp3) is 0.444. The molecule has 29 heavy (non-hydrogen) atoms. The normalized spacial score (nSPS) is 18.4. The molecule has 0 spiro atoms. The fourth-order valence-corrected chi connectivity index (χ4v) is 4.75. The summed E-state index contributed by atoms with van der Waals surface area (Å²) in [4.78, 5) is 7.82. The molecule has 2 aromatic rings. The highest BCUT2D eigenvalue weighted by molar-refractivity contribution is 7.89. The molecule has 0 radical (unpaired) electrons. The third kappa shape index (κ3) is 5.36. The van der Waals surface area contributed by atoms with Crippen LogP contribution in [0.15, 0.2) is 35.2 Å². The van der Waals surface area contributed by atoms with E-state index < -0.39 is 33.1 Å². The molecule has 0 amide bonds.